The number of hydrogen-bond donors (Lipinski definition) is 0. The molecule has 2 aliphatic rings. The Kier molecular flexibility index (Phi) is 6.07. The second-order valence-electron chi connectivity index (χ2n) is 6.81. The maximum absolute atomic E-state index is 13.1. The van der Waals surface area contributed by atoms with Crippen LogP contribution in [-0.2, 0) is 4.79 Å². The summed E-state index contributed by atoms with van der Waals surface area (Å²) in [4.78, 5) is 16.8. The van der Waals surface area contributed by atoms with E-state index in [0.717, 1.165) is 32.6 Å². The molecule has 2 fully saturated rings. The molecule has 1 aromatic rings. The molecule has 24 heavy (non-hydrogen) atoms. The van der Waals surface area contributed by atoms with Crippen LogP contribution in [0.1, 0.15) is 38.5 Å². The quantitative estimate of drug-likeness (QED) is 0.848. The smallest absolute Gasteiger partial charge is 0.260 e. The van der Waals surface area contributed by atoms with E-state index in [0.29, 0.717) is 11.8 Å². The van der Waals surface area contributed by atoms with Gasteiger partial charge in [-0.15, -0.1) is 0 Å². The van der Waals surface area contributed by atoms with Gasteiger partial charge in [-0.05, 0) is 31.4 Å². The first-order valence-corrected chi connectivity index (χ1v) is 9.12. The summed E-state index contributed by atoms with van der Waals surface area (Å²) in [6.07, 6.45) is 7.67. The molecule has 132 valence electrons. The molecule has 0 radical (unpaired) electrons. The Morgan fingerprint density at radius 1 is 1.08 bits per heavy atom. The monoisotopic (exact) mass is 334 g/mol. The van der Waals surface area contributed by atoms with Gasteiger partial charge in [-0.3, -0.25) is 9.69 Å². The molecule has 1 aliphatic carbocycles. The Bertz CT molecular complexity index is 546. The zero-order valence-electron chi connectivity index (χ0n) is 14.3. The van der Waals surface area contributed by atoms with Crippen LogP contribution in [0.3, 0.4) is 0 Å². The molecule has 0 bridgehead atoms. The van der Waals surface area contributed by atoms with Crippen molar-refractivity contribution < 1.29 is 13.9 Å². The van der Waals surface area contributed by atoms with Gasteiger partial charge in [0.2, 0.25) is 0 Å². The first-order chi connectivity index (χ1) is 11.7. The van der Waals surface area contributed by atoms with E-state index in [1.807, 2.05) is 4.90 Å². The van der Waals surface area contributed by atoms with Crippen LogP contribution in [0, 0.1) is 5.82 Å². The van der Waals surface area contributed by atoms with Crippen molar-refractivity contribution in [3.05, 3.63) is 30.1 Å². The van der Waals surface area contributed by atoms with Gasteiger partial charge >= 0.3 is 0 Å². The maximum atomic E-state index is 13.1. The van der Waals surface area contributed by atoms with Crippen LogP contribution in [-0.4, -0.2) is 54.5 Å². The van der Waals surface area contributed by atoms with Crippen LogP contribution in [0.5, 0.6) is 5.75 Å². The van der Waals surface area contributed by atoms with Gasteiger partial charge in [0.05, 0.1) is 0 Å². The highest BCUT2D eigenvalue weighted by Gasteiger charge is 2.25. The molecule has 4 nitrogen and oxygen atoms in total. The average Bonchev–Trinajstić information content (AvgIpc) is 2.87. The third-order valence-electron chi connectivity index (χ3n) is 5.13. The minimum absolute atomic E-state index is 0.00949. The van der Waals surface area contributed by atoms with Gasteiger partial charge in [0, 0.05) is 38.3 Å². The van der Waals surface area contributed by atoms with Gasteiger partial charge in [-0.25, -0.2) is 4.39 Å². The second-order valence-corrected chi connectivity index (χ2v) is 6.81. The first kappa shape index (κ1) is 17.2. The van der Waals surface area contributed by atoms with Gasteiger partial charge < -0.3 is 9.64 Å². The number of benzene rings is 1. The molecule has 1 saturated heterocycles. The molecule has 0 atom stereocenters. The lowest BCUT2D eigenvalue weighted by molar-refractivity contribution is -0.133. The predicted octanol–water partition coefficient (Wildman–Crippen LogP) is 3.07. The predicted molar refractivity (Wildman–Crippen MR) is 91.5 cm³/mol. The SMILES string of the molecule is O=C(COc1cccc(F)c1)N1CCCN(C2CCCCC2)CC1. The fourth-order valence-electron chi connectivity index (χ4n) is 3.79. The van der Waals surface area contributed by atoms with Gasteiger partial charge in [0.1, 0.15) is 11.6 Å². The van der Waals surface area contributed by atoms with Gasteiger partial charge in [-0.1, -0.05) is 25.3 Å². The van der Waals surface area contributed by atoms with Crippen LogP contribution in [0.15, 0.2) is 24.3 Å². The molecule has 0 N–H and O–H groups in total. The largest absolute Gasteiger partial charge is 0.484 e. The van der Waals surface area contributed by atoms with Crippen molar-refractivity contribution in [1.82, 2.24) is 9.80 Å². The van der Waals surface area contributed by atoms with Crippen molar-refractivity contribution in [2.75, 3.05) is 32.8 Å². The lowest BCUT2D eigenvalue weighted by Gasteiger charge is -2.33. The molecule has 0 aromatic heterocycles. The summed E-state index contributed by atoms with van der Waals surface area (Å²) in [7, 11) is 0. The molecule has 1 aromatic carbocycles. The van der Waals surface area contributed by atoms with Crippen LogP contribution >= 0.6 is 0 Å². The Balaban J connectivity index is 1.47. The van der Waals surface area contributed by atoms with Crippen molar-refractivity contribution in [2.45, 2.75) is 44.6 Å². The molecule has 5 heteroatoms. The highest BCUT2D eigenvalue weighted by molar-refractivity contribution is 5.77. The van der Waals surface area contributed by atoms with E-state index in [1.54, 1.807) is 12.1 Å². The topological polar surface area (TPSA) is 32.8 Å². The summed E-state index contributed by atoms with van der Waals surface area (Å²) in [5, 5.41) is 0. The lowest BCUT2D eigenvalue weighted by Crippen LogP contribution is -2.41. The number of ether oxygens (including phenoxy) is 1. The van der Waals surface area contributed by atoms with E-state index in [2.05, 4.69) is 4.90 Å². The van der Waals surface area contributed by atoms with Crippen molar-refractivity contribution in [3.63, 3.8) is 0 Å². The molecule has 1 amide bonds. The van der Waals surface area contributed by atoms with Crippen molar-refractivity contribution in [2.24, 2.45) is 0 Å². The third kappa shape index (κ3) is 4.69. The third-order valence-corrected chi connectivity index (χ3v) is 5.13. The lowest BCUT2D eigenvalue weighted by atomic mass is 9.94. The molecule has 0 spiro atoms. The number of hydrogen-bond acceptors (Lipinski definition) is 3. The Hall–Kier alpha value is -1.62. The molecular weight excluding hydrogens is 307 g/mol. The normalized spacial score (nSPS) is 20.6. The fourth-order valence-corrected chi connectivity index (χ4v) is 3.79. The summed E-state index contributed by atoms with van der Waals surface area (Å²) in [6, 6.07) is 6.63. The van der Waals surface area contributed by atoms with Crippen LogP contribution in [0.2, 0.25) is 0 Å². The van der Waals surface area contributed by atoms with Crippen LogP contribution in [0.4, 0.5) is 4.39 Å². The van der Waals surface area contributed by atoms with Gasteiger partial charge in [0.15, 0.2) is 6.61 Å². The minimum Gasteiger partial charge on any atom is -0.484 e. The first-order valence-electron chi connectivity index (χ1n) is 9.12. The van der Waals surface area contributed by atoms with Gasteiger partial charge in [-0.2, -0.15) is 0 Å². The van der Waals surface area contributed by atoms with Crippen molar-refractivity contribution in [1.29, 1.82) is 0 Å². The molecule has 1 heterocycles. The van der Waals surface area contributed by atoms with Crippen LogP contribution < -0.4 is 4.74 Å². The number of halogens is 1. The van der Waals surface area contributed by atoms with Crippen molar-refractivity contribution in [3.8, 4) is 5.75 Å². The Morgan fingerprint density at radius 2 is 1.92 bits per heavy atom. The van der Waals surface area contributed by atoms with E-state index in [1.165, 1.54) is 44.2 Å². The average molecular weight is 334 g/mol. The second kappa shape index (κ2) is 8.47. The maximum Gasteiger partial charge on any atom is 0.260 e. The fraction of sp³-hybridized carbons (Fsp3) is 0.632. The van der Waals surface area contributed by atoms with E-state index in [4.69, 9.17) is 4.74 Å². The Morgan fingerprint density at radius 3 is 2.71 bits per heavy atom. The molecule has 0 unspecified atom stereocenters. The summed E-state index contributed by atoms with van der Waals surface area (Å²) >= 11 is 0. The van der Waals surface area contributed by atoms with E-state index < -0.39 is 0 Å². The minimum atomic E-state index is -0.349. The van der Waals surface area contributed by atoms with E-state index >= 15 is 0 Å². The Labute approximate surface area is 143 Å². The number of amides is 1. The van der Waals surface area contributed by atoms with E-state index in [9.17, 15) is 9.18 Å². The van der Waals surface area contributed by atoms with Crippen molar-refractivity contribution >= 4 is 5.91 Å². The standard InChI is InChI=1S/C19H27FN2O2/c20-16-6-4-9-18(14-16)24-15-19(23)22-11-5-10-21(12-13-22)17-7-2-1-3-8-17/h4,6,9,14,17H,1-3,5,7-8,10-13,15H2. The molecule has 3 rings (SSSR count). The molecular formula is C19H27FN2O2. The summed E-state index contributed by atoms with van der Waals surface area (Å²) in [5.74, 6) is 0.0459. The number of nitrogens with zero attached hydrogens (tertiary/aromatic N) is 2. The molecule has 1 aliphatic heterocycles. The zero-order chi connectivity index (χ0) is 16.8. The number of carbonyl (C=O) groups excluding carboxylic acids is 1. The molecule has 1 saturated carbocycles. The summed E-state index contributed by atoms with van der Waals surface area (Å²) in [5.41, 5.74) is 0. The van der Waals surface area contributed by atoms with Gasteiger partial charge in [0.25, 0.3) is 5.91 Å². The summed E-state index contributed by atoms with van der Waals surface area (Å²) < 4.78 is 18.6. The van der Waals surface area contributed by atoms with E-state index in [-0.39, 0.29) is 18.3 Å². The van der Waals surface area contributed by atoms with Crippen LogP contribution in [0.25, 0.3) is 0 Å². The summed E-state index contributed by atoms with van der Waals surface area (Å²) in [6.45, 7) is 3.57. The highest BCUT2D eigenvalue weighted by atomic mass is 19.1. The zero-order valence-corrected chi connectivity index (χ0v) is 14.3. The number of rotatable bonds is 4. The highest BCUT2D eigenvalue weighted by Crippen LogP contribution is 2.23. The number of carbonyl (C=O) groups is 1.